The Morgan fingerprint density at radius 3 is 2.67 bits per heavy atom. The molecule has 4 atom stereocenters. The van der Waals surface area contributed by atoms with Gasteiger partial charge in [-0.2, -0.15) is 5.26 Å². The first-order chi connectivity index (χ1) is 15.6. The van der Waals surface area contributed by atoms with Crippen molar-refractivity contribution < 1.29 is 14.6 Å². The third kappa shape index (κ3) is 3.02. The number of rotatable bonds is 2. The van der Waals surface area contributed by atoms with Crippen molar-refractivity contribution in [1.82, 2.24) is 0 Å². The first-order valence-corrected chi connectivity index (χ1v) is 11.2. The molecule has 5 rings (SSSR count). The second kappa shape index (κ2) is 7.30. The summed E-state index contributed by atoms with van der Waals surface area (Å²) in [5.74, 6) is 0.665. The van der Waals surface area contributed by atoms with Gasteiger partial charge in [0.15, 0.2) is 0 Å². The van der Waals surface area contributed by atoms with Crippen molar-refractivity contribution in [3.8, 4) is 22.9 Å². The van der Waals surface area contributed by atoms with Crippen LogP contribution in [0.5, 0.6) is 5.75 Å². The van der Waals surface area contributed by atoms with E-state index in [1.54, 1.807) is 13.2 Å². The van der Waals surface area contributed by atoms with Crippen molar-refractivity contribution in [2.75, 3.05) is 7.11 Å². The standard InChI is InChI=1S/C25H25B2N3O3/c1-14-11-23(6-5-21(14)31)12-17-4-3-16(18-7-15(13-28)8-19(9-18)32-2)10-20(17)24(23)25(26,27)33-22(29)30-24/h3-4,7-10,14,21,31H,5-6,11-12H2,1-2H3,(H2,29,30)/t14-,21-,23-,24?/m0/s1. The average Bonchev–Trinajstić information content (AvgIpc) is 3.20. The highest BCUT2D eigenvalue weighted by atomic mass is 16.5. The normalized spacial score (nSPS) is 31.6. The molecule has 33 heavy (non-hydrogen) atoms. The van der Waals surface area contributed by atoms with Crippen LogP contribution in [0.2, 0.25) is 0 Å². The molecule has 0 bridgehead atoms. The van der Waals surface area contributed by atoms with Crippen LogP contribution in [-0.2, 0) is 16.7 Å². The zero-order valence-corrected chi connectivity index (χ0v) is 18.8. The highest BCUT2D eigenvalue weighted by Gasteiger charge is 2.68. The molecule has 2 aliphatic carbocycles. The first-order valence-electron chi connectivity index (χ1n) is 11.2. The fourth-order valence-electron chi connectivity index (χ4n) is 6.35. The monoisotopic (exact) mass is 437 g/mol. The van der Waals surface area contributed by atoms with Gasteiger partial charge in [0, 0.05) is 5.41 Å². The van der Waals surface area contributed by atoms with E-state index in [4.69, 9.17) is 35.9 Å². The van der Waals surface area contributed by atoms with E-state index in [1.807, 2.05) is 31.2 Å². The molecule has 1 aliphatic heterocycles. The summed E-state index contributed by atoms with van der Waals surface area (Å²) in [6.45, 7) is 2.05. The summed E-state index contributed by atoms with van der Waals surface area (Å²) in [6.07, 6.45) is 2.39. The number of hydrogen-bond donors (Lipinski definition) is 2. The number of amidine groups is 1. The van der Waals surface area contributed by atoms with Crippen LogP contribution in [0, 0.1) is 22.7 Å². The smallest absolute Gasteiger partial charge is 0.281 e. The van der Waals surface area contributed by atoms with Crippen LogP contribution in [0.4, 0.5) is 0 Å². The van der Waals surface area contributed by atoms with Crippen LogP contribution in [0.1, 0.15) is 42.9 Å². The van der Waals surface area contributed by atoms with Gasteiger partial charge >= 0.3 is 0 Å². The Hall–Kier alpha value is -2.91. The number of nitrogens with two attached hydrogens (primary N) is 1. The maximum Gasteiger partial charge on any atom is 0.281 e. The highest BCUT2D eigenvalue weighted by molar-refractivity contribution is 6.41. The fraction of sp³-hybridized carbons (Fsp3) is 0.440. The number of aliphatic hydroxyl groups is 1. The molecule has 2 aromatic rings. The van der Waals surface area contributed by atoms with Gasteiger partial charge in [0.2, 0.25) is 0 Å². The van der Waals surface area contributed by atoms with Gasteiger partial charge in [-0.3, -0.25) is 0 Å². The molecule has 8 heteroatoms. The van der Waals surface area contributed by atoms with Gasteiger partial charge in [0.1, 0.15) is 27.0 Å². The molecule has 2 spiro atoms. The minimum atomic E-state index is -1.63. The topological polar surface area (TPSA) is 101 Å². The third-order valence-electron chi connectivity index (χ3n) is 7.81. The number of ether oxygens (including phenoxy) is 2. The molecule has 1 fully saturated rings. The summed E-state index contributed by atoms with van der Waals surface area (Å²) in [6, 6.07) is 13.7. The van der Waals surface area contributed by atoms with Crippen LogP contribution in [0.3, 0.4) is 0 Å². The maximum atomic E-state index is 10.5. The number of nitrogens with zero attached hydrogens (tertiary/aromatic N) is 2. The van der Waals surface area contributed by atoms with Gasteiger partial charge in [-0.05, 0) is 78.1 Å². The Bertz CT molecular complexity index is 1210. The van der Waals surface area contributed by atoms with Crippen LogP contribution < -0.4 is 10.5 Å². The Morgan fingerprint density at radius 1 is 1.24 bits per heavy atom. The van der Waals surface area contributed by atoms with Crippen LogP contribution >= 0.6 is 0 Å². The molecule has 4 radical (unpaired) electrons. The summed E-state index contributed by atoms with van der Waals surface area (Å²) in [5, 5.41) is 18.3. The summed E-state index contributed by atoms with van der Waals surface area (Å²) in [7, 11) is 14.8. The molecule has 2 aromatic carbocycles. The predicted octanol–water partition coefficient (Wildman–Crippen LogP) is 2.49. The number of nitriles is 1. The number of aliphatic hydroxyl groups excluding tert-OH is 1. The van der Waals surface area contributed by atoms with Crippen molar-refractivity contribution >= 4 is 21.7 Å². The summed E-state index contributed by atoms with van der Waals surface area (Å²) >= 11 is 0. The summed E-state index contributed by atoms with van der Waals surface area (Å²) < 4.78 is 11.1. The molecular weight excluding hydrogens is 412 g/mol. The zero-order chi connectivity index (χ0) is 23.6. The van der Waals surface area contributed by atoms with Crippen molar-refractivity contribution in [2.24, 2.45) is 22.1 Å². The third-order valence-corrected chi connectivity index (χ3v) is 7.81. The van der Waals surface area contributed by atoms with Gasteiger partial charge in [-0.15, -0.1) is 0 Å². The Morgan fingerprint density at radius 2 is 2.03 bits per heavy atom. The van der Waals surface area contributed by atoms with Crippen molar-refractivity contribution in [1.29, 1.82) is 5.26 Å². The zero-order valence-electron chi connectivity index (χ0n) is 18.8. The lowest BCUT2D eigenvalue weighted by Gasteiger charge is -2.53. The molecule has 1 heterocycles. The second-order valence-corrected chi connectivity index (χ2v) is 9.73. The molecule has 3 aliphatic rings. The van der Waals surface area contributed by atoms with Crippen molar-refractivity contribution in [2.45, 2.75) is 49.6 Å². The molecular formula is C25H25B2N3O3. The Kier molecular flexibility index (Phi) is 4.84. The second-order valence-electron chi connectivity index (χ2n) is 9.73. The Labute approximate surface area is 196 Å². The van der Waals surface area contributed by atoms with Gasteiger partial charge in [-0.25, -0.2) is 4.99 Å². The molecule has 6 nitrogen and oxygen atoms in total. The van der Waals surface area contributed by atoms with Crippen LogP contribution in [0.25, 0.3) is 11.1 Å². The number of hydrogen-bond acceptors (Lipinski definition) is 6. The van der Waals surface area contributed by atoms with E-state index in [9.17, 15) is 10.4 Å². The van der Waals surface area contributed by atoms with Gasteiger partial charge in [0.25, 0.3) is 6.02 Å². The number of aliphatic imine (C=N–C) groups is 1. The summed E-state index contributed by atoms with van der Waals surface area (Å²) in [4.78, 5) is 4.82. The minimum Gasteiger partial charge on any atom is -0.497 e. The van der Waals surface area contributed by atoms with Crippen molar-refractivity contribution in [3.05, 3.63) is 53.1 Å². The van der Waals surface area contributed by atoms with E-state index in [0.717, 1.165) is 28.7 Å². The minimum absolute atomic E-state index is 0.0236. The predicted molar refractivity (Wildman–Crippen MR) is 127 cm³/mol. The number of methoxy groups -OCH3 is 1. The molecule has 0 amide bonds. The van der Waals surface area contributed by atoms with E-state index in [2.05, 4.69) is 12.1 Å². The van der Waals surface area contributed by atoms with Gasteiger partial charge < -0.3 is 20.3 Å². The van der Waals surface area contributed by atoms with Crippen LogP contribution in [0.15, 0.2) is 41.4 Å². The van der Waals surface area contributed by atoms with E-state index >= 15 is 0 Å². The van der Waals surface area contributed by atoms with E-state index in [1.165, 1.54) is 0 Å². The molecule has 3 N–H and O–H groups in total. The van der Waals surface area contributed by atoms with Gasteiger partial charge in [0.05, 0.1) is 30.2 Å². The van der Waals surface area contributed by atoms with Crippen LogP contribution in [-0.4, -0.2) is 45.4 Å². The van der Waals surface area contributed by atoms with Gasteiger partial charge in [-0.1, -0.05) is 19.1 Å². The molecule has 0 saturated heterocycles. The SMILES string of the molecule is [B]C1([B])OC(N)=NC12c1cc(-c3cc(C#N)cc(OC)c3)ccc1C[C@@]21CC[C@H](O)[C@@H](C)C1. The average molecular weight is 437 g/mol. The largest absolute Gasteiger partial charge is 0.497 e. The maximum absolute atomic E-state index is 10.5. The Balaban J connectivity index is 1.71. The highest BCUT2D eigenvalue weighted by Crippen LogP contribution is 2.65. The van der Waals surface area contributed by atoms with E-state index in [0.29, 0.717) is 30.6 Å². The van der Waals surface area contributed by atoms with E-state index in [-0.39, 0.29) is 18.0 Å². The number of fused-ring (bicyclic) bond motifs is 3. The molecule has 1 unspecified atom stereocenters. The lowest BCUT2D eigenvalue weighted by Crippen LogP contribution is -2.60. The molecule has 1 saturated carbocycles. The fourth-order valence-corrected chi connectivity index (χ4v) is 6.35. The first kappa shape index (κ1) is 21.9. The summed E-state index contributed by atoms with van der Waals surface area (Å²) in [5.41, 5.74) is 8.76. The molecule has 0 aromatic heterocycles. The number of benzene rings is 2. The van der Waals surface area contributed by atoms with E-state index < -0.39 is 16.4 Å². The lowest BCUT2D eigenvalue weighted by atomic mass is 9.44. The molecule has 164 valence electrons. The lowest BCUT2D eigenvalue weighted by molar-refractivity contribution is -0.0406. The quantitative estimate of drug-likeness (QED) is 0.704. The van der Waals surface area contributed by atoms with Crippen molar-refractivity contribution in [3.63, 3.8) is 0 Å².